The Labute approximate surface area is 138 Å². The fourth-order valence-corrected chi connectivity index (χ4v) is 2.92. The molecule has 1 saturated heterocycles. The largest absolute Gasteiger partial charge is 0.324 e. The SMILES string of the molecule is Cc1cccc(NC(=O)C(=O)N2CCCC2c2nncn2C)c1F. The molecule has 1 aromatic heterocycles. The zero-order chi connectivity index (χ0) is 17.3. The summed E-state index contributed by atoms with van der Waals surface area (Å²) in [6.45, 7) is 2.05. The van der Waals surface area contributed by atoms with Gasteiger partial charge in [-0.3, -0.25) is 9.59 Å². The summed E-state index contributed by atoms with van der Waals surface area (Å²) in [7, 11) is 1.79. The van der Waals surface area contributed by atoms with Crippen LogP contribution in [0.25, 0.3) is 0 Å². The molecular weight excluding hydrogens is 313 g/mol. The van der Waals surface area contributed by atoms with E-state index in [1.807, 2.05) is 0 Å². The van der Waals surface area contributed by atoms with Crippen molar-refractivity contribution in [3.05, 3.63) is 41.7 Å². The van der Waals surface area contributed by atoms with Gasteiger partial charge in [-0.15, -0.1) is 10.2 Å². The van der Waals surface area contributed by atoms with Crippen LogP contribution in [-0.2, 0) is 16.6 Å². The maximum Gasteiger partial charge on any atom is 0.314 e. The minimum absolute atomic E-state index is 0.00255. The lowest BCUT2D eigenvalue weighted by Crippen LogP contribution is -2.40. The van der Waals surface area contributed by atoms with Gasteiger partial charge in [-0.05, 0) is 31.4 Å². The van der Waals surface area contributed by atoms with E-state index < -0.39 is 17.6 Å². The molecule has 2 amide bonds. The number of aromatic nitrogens is 3. The van der Waals surface area contributed by atoms with E-state index in [0.717, 1.165) is 6.42 Å². The topological polar surface area (TPSA) is 80.1 Å². The van der Waals surface area contributed by atoms with Crippen molar-refractivity contribution in [2.45, 2.75) is 25.8 Å². The predicted octanol–water partition coefficient (Wildman–Crippen LogP) is 1.56. The molecule has 126 valence electrons. The zero-order valence-corrected chi connectivity index (χ0v) is 13.5. The molecule has 1 fully saturated rings. The van der Waals surface area contributed by atoms with Gasteiger partial charge >= 0.3 is 11.8 Å². The molecule has 0 spiro atoms. The molecule has 0 aliphatic carbocycles. The van der Waals surface area contributed by atoms with Crippen molar-refractivity contribution in [3.63, 3.8) is 0 Å². The second kappa shape index (κ2) is 6.38. The number of halogens is 1. The van der Waals surface area contributed by atoms with E-state index in [1.165, 1.54) is 11.0 Å². The third-order valence-corrected chi connectivity index (χ3v) is 4.19. The van der Waals surface area contributed by atoms with Crippen LogP contribution in [0, 0.1) is 12.7 Å². The van der Waals surface area contributed by atoms with Crippen LogP contribution in [0.5, 0.6) is 0 Å². The van der Waals surface area contributed by atoms with E-state index in [9.17, 15) is 14.0 Å². The minimum atomic E-state index is -0.853. The van der Waals surface area contributed by atoms with Crippen LogP contribution >= 0.6 is 0 Å². The normalized spacial score (nSPS) is 17.1. The summed E-state index contributed by atoms with van der Waals surface area (Å²) in [5, 5.41) is 10.2. The first-order valence-corrected chi connectivity index (χ1v) is 7.70. The second-order valence-electron chi connectivity index (χ2n) is 5.85. The number of nitrogens with one attached hydrogen (secondary N) is 1. The third kappa shape index (κ3) is 2.86. The number of aryl methyl sites for hydroxylation is 2. The van der Waals surface area contributed by atoms with E-state index >= 15 is 0 Å². The quantitative estimate of drug-likeness (QED) is 0.847. The van der Waals surface area contributed by atoms with Gasteiger partial charge in [-0.1, -0.05) is 12.1 Å². The number of carbonyl (C=O) groups is 2. The number of nitrogens with zero attached hydrogens (tertiary/aromatic N) is 4. The summed E-state index contributed by atoms with van der Waals surface area (Å²) in [4.78, 5) is 26.2. The molecule has 2 aromatic rings. The van der Waals surface area contributed by atoms with Gasteiger partial charge in [0.1, 0.15) is 12.1 Å². The van der Waals surface area contributed by atoms with Crippen LogP contribution in [0.2, 0.25) is 0 Å². The van der Waals surface area contributed by atoms with Gasteiger partial charge < -0.3 is 14.8 Å². The number of rotatable bonds is 2. The second-order valence-corrected chi connectivity index (χ2v) is 5.85. The summed E-state index contributed by atoms with van der Waals surface area (Å²) in [5.41, 5.74) is 0.404. The first-order valence-electron chi connectivity index (χ1n) is 7.70. The number of hydrogen-bond acceptors (Lipinski definition) is 4. The summed E-state index contributed by atoms with van der Waals surface area (Å²) >= 11 is 0. The molecule has 1 aliphatic heterocycles. The van der Waals surface area contributed by atoms with Crippen molar-refractivity contribution < 1.29 is 14.0 Å². The number of amides is 2. The summed E-state index contributed by atoms with van der Waals surface area (Å²) < 4.78 is 15.7. The molecule has 3 rings (SSSR count). The average molecular weight is 331 g/mol. The predicted molar refractivity (Wildman–Crippen MR) is 84.5 cm³/mol. The molecule has 7 nitrogen and oxygen atoms in total. The first-order chi connectivity index (χ1) is 11.5. The maximum absolute atomic E-state index is 14.0. The van der Waals surface area contributed by atoms with Gasteiger partial charge in [0.05, 0.1) is 11.7 Å². The minimum Gasteiger partial charge on any atom is -0.324 e. The summed E-state index contributed by atoms with van der Waals surface area (Å²) in [6.07, 6.45) is 3.04. The Morgan fingerprint density at radius 2 is 2.17 bits per heavy atom. The first kappa shape index (κ1) is 16.1. The number of anilines is 1. The Hall–Kier alpha value is -2.77. The van der Waals surface area contributed by atoms with Crippen LogP contribution in [0.3, 0.4) is 0 Å². The molecule has 1 aliphatic rings. The van der Waals surface area contributed by atoms with Crippen molar-refractivity contribution in [3.8, 4) is 0 Å². The Kier molecular flexibility index (Phi) is 4.28. The van der Waals surface area contributed by atoms with E-state index in [-0.39, 0.29) is 11.7 Å². The van der Waals surface area contributed by atoms with E-state index in [2.05, 4.69) is 15.5 Å². The van der Waals surface area contributed by atoms with Gasteiger partial charge in [-0.25, -0.2) is 4.39 Å². The van der Waals surface area contributed by atoms with Crippen molar-refractivity contribution in [1.29, 1.82) is 0 Å². The number of carbonyl (C=O) groups excluding carboxylic acids is 2. The summed E-state index contributed by atoms with van der Waals surface area (Å²) in [5.74, 6) is -1.45. The van der Waals surface area contributed by atoms with E-state index in [4.69, 9.17) is 0 Å². The van der Waals surface area contributed by atoms with Crippen LogP contribution in [0.1, 0.15) is 30.3 Å². The Balaban J connectivity index is 1.77. The lowest BCUT2D eigenvalue weighted by atomic mass is 10.2. The number of benzene rings is 1. The highest BCUT2D eigenvalue weighted by Crippen LogP contribution is 2.30. The lowest BCUT2D eigenvalue weighted by molar-refractivity contribution is -0.143. The molecule has 1 aromatic carbocycles. The van der Waals surface area contributed by atoms with Gasteiger partial charge in [0.25, 0.3) is 0 Å². The molecule has 2 heterocycles. The van der Waals surface area contributed by atoms with Crippen LogP contribution < -0.4 is 5.32 Å². The van der Waals surface area contributed by atoms with Crippen molar-refractivity contribution in [2.75, 3.05) is 11.9 Å². The Morgan fingerprint density at radius 1 is 1.38 bits per heavy atom. The standard InChI is InChI=1S/C16H18FN5O2/c1-10-5-3-6-11(13(10)17)19-15(23)16(24)22-8-4-7-12(22)14-20-18-9-21(14)2/h3,5-6,9,12H,4,7-8H2,1-2H3,(H,19,23). The highest BCUT2D eigenvalue weighted by molar-refractivity contribution is 6.39. The molecule has 1 unspecified atom stereocenters. The summed E-state index contributed by atoms with van der Waals surface area (Å²) in [6, 6.07) is 4.35. The molecule has 0 saturated carbocycles. The molecule has 1 N–H and O–H groups in total. The van der Waals surface area contributed by atoms with E-state index in [1.54, 1.807) is 37.0 Å². The van der Waals surface area contributed by atoms with Gasteiger partial charge in [-0.2, -0.15) is 0 Å². The molecule has 8 heteroatoms. The Morgan fingerprint density at radius 3 is 2.88 bits per heavy atom. The fraction of sp³-hybridized carbons (Fsp3) is 0.375. The van der Waals surface area contributed by atoms with Crippen LogP contribution in [0.15, 0.2) is 24.5 Å². The number of likely N-dealkylation sites (tertiary alicyclic amines) is 1. The van der Waals surface area contributed by atoms with Crippen molar-refractivity contribution in [2.24, 2.45) is 7.05 Å². The molecular formula is C16H18FN5O2. The average Bonchev–Trinajstić information content (AvgIpc) is 3.19. The van der Waals surface area contributed by atoms with Gasteiger partial charge in [0.15, 0.2) is 5.82 Å². The van der Waals surface area contributed by atoms with Crippen molar-refractivity contribution >= 4 is 17.5 Å². The van der Waals surface area contributed by atoms with Gasteiger partial charge in [0.2, 0.25) is 0 Å². The lowest BCUT2D eigenvalue weighted by Gasteiger charge is -2.23. The smallest absolute Gasteiger partial charge is 0.314 e. The Bertz CT molecular complexity index is 789. The third-order valence-electron chi connectivity index (χ3n) is 4.19. The monoisotopic (exact) mass is 331 g/mol. The molecule has 1 atom stereocenters. The van der Waals surface area contributed by atoms with Crippen molar-refractivity contribution in [1.82, 2.24) is 19.7 Å². The maximum atomic E-state index is 14.0. The number of hydrogen-bond donors (Lipinski definition) is 1. The highest BCUT2D eigenvalue weighted by Gasteiger charge is 2.36. The fourth-order valence-electron chi connectivity index (χ4n) is 2.92. The highest BCUT2D eigenvalue weighted by atomic mass is 19.1. The van der Waals surface area contributed by atoms with Gasteiger partial charge in [0, 0.05) is 13.6 Å². The molecule has 24 heavy (non-hydrogen) atoms. The molecule has 0 bridgehead atoms. The van der Waals surface area contributed by atoms with Crippen LogP contribution in [-0.4, -0.2) is 38.0 Å². The van der Waals surface area contributed by atoms with E-state index in [0.29, 0.717) is 24.4 Å². The van der Waals surface area contributed by atoms with Crippen LogP contribution in [0.4, 0.5) is 10.1 Å². The zero-order valence-electron chi connectivity index (χ0n) is 13.5. The molecule has 0 radical (unpaired) electrons.